The minimum Gasteiger partial charge on any atom is -0.496 e. The SMILES string of the molecule is C=C(/C=C/Cc1cc(OC)c(-c2ccc3c(ccn3S(=O)(=O)c3ccc(C)cc3)c2)cc1OC)SC. The van der Waals surface area contributed by atoms with Gasteiger partial charge in [-0.05, 0) is 72.5 Å². The molecule has 1 heterocycles. The number of allylic oxidation sites excluding steroid dienone is 2. The van der Waals surface area contributed by atoms with Gasteiger partial charge in [0, 0.05) is 22.7 Å². The van der Waals surface area contributed by atoms with E-state index in [1.165, 1.54) is 3.97 Å². The molecule has 186 valence electrons. The molecule has 0 radical (unpaired) electrons. The van der Waals surface area contributed by atoms with Gasteiger partial charge in [-0.25, -0.2) is 12.4 Å². The second-order valence-corrected chi connectivity index (χ2v) is 11.1. The van der Waals surface area contributed by atoms with Crippen LogP contribution in [-0.4, -0.2) is 32.9 Å². The normalized spacial score (nSPS) is 11.8. The van der Waals surface area contributed by atoms with Crippen molar-refractivity contribution in [3.8, 4) is 22.6 Å². The summed E-state index contributed by atoms with van der Waals surface area (Å²) in [5.74, 6) is 1.47. The average Bonchev–Trinajstić information content (AvgIpc) is 3.32. The summed E-state index contributed by atoms with van der Waals surface area (Å²) in [5.41, 5.74) is 4.39. The molecule has 5 nitrogen and oxygen atoms in total. The molecule has 1 aromatic heterocycles. The highest BCUT2D eigenvalue weighted by molar-refractivity contribution is 8.02. The Labute approximate surface area is 217 Å². The Hall–Kier alpha value is -3.42. The Balaban J connectivity index is 1.73. The van der Waals surface area contributed by atoms with Crippen LogP contribution in [0.4, 0.5) is 0 Å². The van der Waals surface area contributed by atoms with E-state index in [0.29, 0.717) is 17.7 Å². The number of hydrogen-bond donors (Lipinski definition) is 0. The highest BCUT2D eigenvalue weighted by Crippen LogP contribution is 2.38. The first-order chi connectivity index (χ1) is 17.3. The van der Waals surface area contributed by atoms with E-state index in [1.807, 2.05) is 55.7 Å². The van der Waals surface area contributed by atoms with Crippen molar-refractivity contribution in [2.24, 2.45) is 0 Å². The number of benzene rings is 3. The summed E-state index contributed by atoms with van der Waals surface area (Å²) < 4.78 is 39.3. The molecular formula is C29H29NO4S2. The standard InChI is InChI=1S/C29H29NO4S2/c1-20-9-12-25(13-10-20)36(31,32)30-16-15-23-17-22(11-14-27(23)30)26-19-28(33-3)24(18-29(26)34-4)8-6-7-21(2)35-5/h6-7,9-19H,2,8H2,1,3-5H3/b7-6+. The van der Waals surface area contributed by atoms with E-state index >= 15 is 0 Å². The molecule has 4 rings (SSSR count). The van der Waals surface area contributed by atoms with Crippen LogP contribution in [0.25, 0.3) is 22.0 Å². The molecule has 0 bridgehead atoms. The Kier molecular flexibility index (Phi) is 7.62. The van der Waals surface area contributed by atoms with Crippen molar-refractivity contribution in [2.75, 3.05) is 20.5 Å². The van der Waals surface area contributed by atoms with Crippen LogP contribution in [0.15, 0.2) is 95.4 Å². The molecule has 7 heteroatoms. The van der Waals surface area contributed by atoms with Gasteiger partial charge in [0.15, 0.2) is 0 Å². The summed E-state index contributed by atoms with van der Waals surface area (Å²) in [6.45, 7) is 5.91. The first-order valence-corrected chi connectivity index (χ1v) is 14.0. The van der Waals surface area contributed by atoms with Gasteiger partial charge in [-0.15, -0.1) is 11.8 Å². The topological polar surface area (TPSA) is 57.5 Å². The smallest absolute Gasteiger partial charge is 0.268 e. The van der Waals surface area contributed by atoms with Gasteiger partial charge < -0.3 is 9.47 Å². The summed E-state index contributed by atoms with van der Waals surface area (Å²) in [4.78, 5) is 1.24. The zero-order chi connectivity index (χ0) is 25.9. The van der Waals surface area contributed by atoms with Crippen molar-refractivity contribution in [2.45, 2.75) is 18.2 Å². The van der Waals surface area contributed by atoms with Gasteiger partial charge in [0.05, 0.1) is 24.6 Å². The predicted octanol–water partition coefficient (Wildman–Crippen LogP) is 6.85. The predicted molar refractivity (Wildman–Crippen MR) is 150 cm³/mol. The average molecular weight is 520 g/mol. The van der Waals surface area contributed by atoms with Crippen LogP contribution in [0.2, 0.25) is 0 Å². The number of hydrogen-bond acceptors (Lipinski definition) is 5. The van der Waals surface area contributed by atoms with E-state index in [2.05, 4.69) is 12.7 Å². The van der Waals surface area contributed by atoms with Crippen LogP contribution in [0.3, 0.4) is 0 Å². The monoisotopic (exact) mass is 519 g/mol. The maximum Gasteiger partial charge on any atom is 0.268 e. The number of nitrogens with zero attached hydrogens (tertiary/aromatic N) is 1. The first-order valence-electron chi connectivity index (χ1n) is 11.4. The van der Waals surface area contributed by atoms with Gasteiger partial charge in [-0.1, -0.05) is 42.5 Å². The highest BCUT2D eigenvalue weighted by Gasteiger charge is 2.20. The van der Waals surface area contributed by atoms with Gasteiger partial charge in [0.1, 0.15) is 11.5 Å². The number of fused-ring (bicyclic) bond motifs is 1. The lowest BCUT2D eigenvalue weighted by molar-refractivity contribution is 0.401. The van der Waals surface area contributed by atoms with Crippen molar-refractivity contribution < 1.29 is 17.9 Å². The Morgan fingerprint density at radius 3 is 2.39 bits per heavy atom. The lowest BCUT2D eigenvalue weighted by Gasteiger charge is -2.15. The Morgan fingerprint density at radius 2 is 1.72 bits per heavy atom. The summed E-state index contributed by atoms with van der Waals surface area (Å²) in [5, 5.41) is 0.812. The van der Waals surface area contributed by atoms with E-state index < -0.39 is 10.0 Å². The van der Waals surface area contributed by atoms with E-state index in [0.717, 1.165) is 38.3 Å². The fraction of sp³-hybridized carbons (Fsp3) is 0.172. The molecule has 0 fully saturated rings. The van der Waals surface area contributed by atoms with Crippen LogP contribution in [0.1, 0.15) is 11.1 Å². The van der Waals surface area contributed by atoms with Crippen LogP contribution in [-0.2, 0) is 16.4 Å². The molecule has 0 aliphatic carbocycles. The molecule has 0 unspecified atom stereocenters. The maximum absolute atomic E-state index is 13.3. The quantitative estimate of drug-likeness (QED) is 0.227. The molecule has 3 aromatic carbocycles. The molecular weight excluding hydrogens is 490 g/mol. The molecule has 0 saturated heterocycles. The van der Waals surface area contributed by atoms with E-state index in [4.69, 9.17) is 9.47 Å². The second kappa shape index (κ2) is 10.7. The fourth-order valence-electron chi connectivity index (χ4n) is 4.05. The van der Waals surface area contributed by atoms with Crippen LogP contribution in [0, 0.1) is 6.92 Å². The third kappa shape index (κ3) is 5.08. The fourth-order valence-corrected chi connectivity index (χ4v) is 5.64. The van der Waals surface area contributed by atoms with E-state index in [9.17, 15) is 8.42 Å². The third-order valence-corrected chi connectivity index (χ3v) is 8.41. The van der Waals surface area contributed by atoms with Crippen LogP contribution >= 0.6 is 11.8 Å². The second-order valence-electron chi connectivity index (χ2n) is 8.34. The molecule has 0 aliphatic rings. The first kappa shape index (κ1) is 25.7. The van der Waals surface area contributed by atoms with Crippen LogP contribution in [0.5, 0.6) is 11.5 Å². The molecule has 0 saturated carbocycles. The number of aromatic nitrogens is 1. The van der Waals surface area contributed by atoms with Crippen molar-refractivity contribution in [3.63, 3.8) is 0 Å². The Bertz CT molecular complexity index is 1550. The summed E-state index contributed by atoms with van der Waals surface area (Å²) in [7, 11) is -0.411. The molecule has 0 atom stereocenters. The van der Waals surface area contributed by atoms with Gasteiger partial charge >= 0.3 is 0 Å². The van der Waals surface area contributed by atoms with Crippen LogP contribution < -0.4 is 9.47 Å². The van der Waals surface area contributed by atoms with Crippen molar-refractivity contribution in [3.05, 3.63) is 102 Å². The molecule has 0 aliphatic heterocycles. The number of thioether (sulfide) groups is 1. The number of ether oxygens (including phenoxy) is 2. The van der Waals surface area contributed by atoms with Crippen molar-refractivity contribution in [1.29, 1.82) is 0 Å². The number of methoxy groups -OCH3 is 2. The number of aryl methyl sites for hydroxylation is 1. The van der Waals surface area contributed by atoms with Crippen molar-refractivity contribution >= 4 is 32.7 Å². The zero-order valence-corrected chi connectivity index (χ0v) is 22.4. The van der Waals surface area contributed by atoms with E-state index in [-0.39, 0.29) is 4.90 Å². The van der Waals surface area contributed by atoms with E-state index in [1.54, 1.807) is 56.4 Å². The zero-order valence-electron chi connectivity index (χ0n) is 20.8. The highest BCUT2D eigenvalue weighted by atomic mass is 32.2. The van der Waals surface area contributed by atoms with Gasteiger partial charge in [-0.3, -0.25) is 0 Å². The molecule has 0 N–H and O–H groups in total. The lowest BCUT2D eigenvalue weighted by Crippen LogP contribution is -2.11. The summed E-state index contributed by atoms with van der Waals surface area (Å²) in [6, 6.07) is 18.3. The molecule has 0 amide bonds. The Morgan fingerprint density at radius 1 is 1.00 bits per heavy atom. The van der Waals surface area contributed by atoms with Gasteiger partial charge in [0.25, 0.3) is 10.0 Å². The van der Waals surface area contributed by atoms with Gasteiger partial charge in [-0.2, -0.15) is 0 Å². The largest absolute Gasteiger partial charge is 0.496 e. The molecule has 0 spiro atoms. The summed E-state index contributed by atoms with van der Waals surface area (Å²) in [6.07, 6.45) is 8.32. The third-order valence-electron chi connectivity index (χ3n) is 6.05. The summed E-state index contributed by atoms with van der Waals surface area (Å²) >= 11 is 1.60. The lowest BCUT2D eigenvalue weighted by atomic mass is 9.99. The minimum atomic E-state index is -3.70. The number of rotatable bonds is 9. The maximum atomic E-state index is 13.3. The van der Waals surface area contributed by atoms with Gasteiger partial charge in [0.2, 0.25) is 0 Å². The molecule has 36 heavy (non-hydrogen) atoms. The molecule has 4 aromatic rings. The van der Waals surface area contributed by atoms with Crippen molar-refractivity contribution in [1.82, 2.24) is 3.97 Å². The minimum absolute atomic E-state index is 0.256.